The van der Waals surface area contributed by atoms with Crippen molar-refractivity contribution >= 4 is 17.6 Å². The van der Waals surface area contributed by atoms with Crippen LogP contribution in [0.2, 0.25) is 0 Å². The molecule has 0 atom stereocenters. The predicted octanol–water partition coefficient (Wildman–Crippen LogP) is 1.80. The second-order valence-electron chi connectivity index (χ2n) is 6.21. The number of aromatic amines is 1. The van der Waals surface area contributed by atoms with Gasteiger partial charge < -0.3 is 19.4 Å². The van der Waals surface area contributed by atoms with Crippen LogP contribution >= 0.6 is 0 Å². The molecule has 1 aromatic rings. The molecule has 0 spiro atoms. The summed E-state index contributed by atoms with van der Waals surface area (Å²) < 4.78 is 10.0. The number of esters is 1. The first-order chi connectivity index (χ1) is 10.7. The number of hydrogen-bond acceptors (Lipinski definition) is 5. The molecule has 0 aromatic carbocycles. The summed E-state index contributed by atoms with van der Waals surface area (Å²) >= 11 is 0. The van der Waals surface area contributed by atoms with Gasteiger partial charge in [0.1, 0.15) is 5.60 Å². The zero-order chi connectivity index (χ0) is 17.2. The fourth-order valence-electron chi connectivity index (χ4n) is 2.23. The van der Waals surface area contributed by atoms with E-state index in [1.54, 1.807) is 20.8 Å². The zero-order valence-corrected chi connectivity index (χ0v) is 13.6. The van der Waals surface area contributed by atoms with Crippen LogP contribution in [-0.2, 0) is 9.47 Å². The summed E-state index contributed by atoms with van der Waals surface area (Å²) in [7, 11) is 1.25. The smallest absolute Gasteiger partial charge is 0.410 e. The molecule has 2 rings (SSSR count). The lowest BCUT2D eigenvalue weighted by Crippen LogP contribution is -2.35. The minimum atomic E-state index is -0.595. The second-order valence-corrected chi connectivity index (χ2v) is 6.21. The Morgan fingerprint density at radius 2 is 2.00 bits per heavy atom. The number of ether oxygens (including phenoxy) is 2. The molecule has 1 aromatic heterocycles. The molecule has 1 aliphatic rings. The normalized spacial score (nSPS) is 14.4. The van der Waals surface area contributed by atoms with E-state index in [9.17, 15) is 14.4 Å². The number of aromatic nitrogens is 1. The van der Waals surface area contributed by atoms with Gasteiger partial charge in [-0.05, 0) is 26.3 Å². The Labute approximate surface area is 133 Å². The Hall–Kier alpha value is -2.57. The molecule has 0 bridgehead atoms. The highest BCUT2D eigenvalue weighted by Gasteiger charge is 2.27. The second kappa shape index (κ2) is 6.28. The van der Waals surface area contributed by atoms with Crippen LogP contribution in [0.4, 0.5) is 4.79 Å². The summed E-state index contributed by atoms with van der Waals surface area (Å²) in [4.78, 5) is 39.4. The predicted molar refractivity (Wildman–Crippen MR) is 84.2 cm³/mol. The van der Waals surface area contributed by atoms with Gasteiger partial charge in [0.15, 0.2) is 0 Å². The van der Waals surface area contributed by atoms with Crippen molar-refractivity contribution in [3.05, 3.63) is 39.8 Å². The van der Waals surface area contributed by atoms with Gasteiger partial charge in [-0.3, -0.25) is 4.79 Å². The van der Waals surface area contributed by atoms with Gasteiger partial charge >= 0.3 is 12.1 Å². The van der Waals surface area contributed by atoms with Crippen molar-refractivity contribution in [1.29, 1.82) is 0 Å². The minimum Gasteiger partial charge on any atom is -0.465 e. The summed E-state index contributed by atoms with van der Waals surface area (Å²) in [5.41, 5.74) is 0.509. The van der Waals surface area contributed by atoms with Crippen molar-refractivity contribution in [3.63, 3.8) is 0 Å². The molecule has 0 aliphatic carbocycles. The van der Waals surface area contributed by atoms with Gasteiger partial charge in [-0.25, -0.2) is 9.59 Å². The van der Waals surface area contributed by atoms with E-state index in [2.05, 4.69) is 4.98 Å². The van der Waals surface area contributed by atoms with Gasteiger partial charge in [0.05, 0.1) is 12.7 Å². The first-order valence-electron chi connectivity index (χ1n) is 7.19. The van der Waals surface area contributed by atoms with Crippen molar-refractivity contribution in [2.45, 2.75) is 26.4 Å². The number of carbonyl (C=O) groups is 2. The number of carbonyl (C=O) groups excluding carboxylic acids is 2. The molecule has 0 radical (unpaired) electrons. The highest BCUT2D eigenvalue weighted by Crippen LogP contribution is 2.24. The molecule has 1 N–H and O–H groups in total. The average Bonchev–Trinajstić information content (AvgIpc) is 2.94. The molecular weight excluding hydrogens is 300 g/mol. The van der Waals surface area contributed by atoms with Crippen LogP contribution in [0.3, 0.4) is 0 Å². The van der Waals surface area contributed by atoms with E-state index in [0.717, 1.165) is 5.57 Å². The van der Waals surface area contributed by atoms with Gasteiger partial charge in [0.2, 0.25) is 5.56 Å². The summed E-state index contributed by atoms with van der Waals surface area (Å²) in [6, 6.07) is 1.19. The van der Waals surface area contributed by atoms with Crippen molar-refractivity contribution in [2.75, 3.05) is 20.2 Å². The maximum Gasteiger partial charge on any atom is 0.410 e. The molecule has 1 aliphatic heterocycles. The Kier molecular flexibility index (Phi) is 4.58. The van der Waals surface area contributed by atoms with Crippen molar-refractivity contribution in [2.24, 2.45) is 0 Å². The third-order valence-electron chi connectivity index (χ3n) is 3.25. The molecular formula is C16H20N2O5. The molecule has 124 valence electrons. The van der Waals surface area contributed by atoms with E-state index in [4.69, 9.17) is 9.47 Å². The number of hydrogen-bond donors (Lipinski definition) is 1. The highest BCUT2D eigenvalue weighted by molar-refractivity contribution is 5.96. The summed E-state index contributed by atoms with van der Waals surface area (Å²) in [5, 5.41) is 0. The largest absolute Gasteiger partial charge is 0.465 e. The quantitative estimate of drug-likeness (QED) is 0.839. The van der Waals surface area contributed by atoms with Gasteiger partial charge in [0.25, 0.3) is 0 Å². The van der Waals surface area contributed by atoms with E-state index in [0.29, 0.717) is 18.7 Å². The van der Waals surface area contributed by atoms with Crippen LogP contribution in [0.15, 0.2) is 23.1 Å². The van der Waals surface area contributed by atoms with Crippen LogP contribution in [-0.4, -0.2) is 47.7 Å². The van der Waals surface area contributed by atoms with E-state index in [1.165, 1.54) is 24.3 Å². The Morgan fingerprint density at radius 3 is 2.61 bits per heavy atom. The van der Waals surface area contributed by atoms with Gasteiger partial charge in [-0.2, -0.15) is 0 Å². The van der Waals surface area contributed by atoms with Crippen LogP contribution in [0, 0.1) is 0 Å². The summed E-state index contributed by atoms with van der Waals surface area (Å²) in [5.74, 6) is -0.595. The SMILES string of the molecule is COC(=O)c1cc(=O)[nH]cc1C1=CCN(C(=O)OC(C)(C)C)C1. The molecule has 0 saturated carbocycles. The standard InChI is InChI=1S/C16H20N2O5/c1-16(2,3)23-15(21)18-6-5-10(9-18)12-8-17-13(19)7-11(12)14(20)22-4/h5,7-8H,6,9H2,1-4H3,(H,17,19). The van der Waals surface area contributed by atoms with Crippen molar-refractivity contribution in [3.8, 4) is 0 Å². The third kappa shape index (κ3) is 4.00. The average molecular weight is 320 g/mol. The number of H-pyrrole nitrogens is 1. The molecule has 7 nitrogen and oxygen atoms in total. The molecule has 7 heteroatoms. The number of nitrogens with zero attached hydrogens (tertiary/aromatic N) is 1. The molecule has 1 amide bonds. The maximum atomic E-state index is 12.1. The fourth-order valence-corrected chi connectivity index (χ4v) is 2.23. The van der Waals surface area contributed by atoms with E-state index in [-0.39, 0.29) is 5.56 Å². The van der Waals surface area contributed by atoms with Crippen LogP contribution in [0.5, 0.6) is 0 Å². The highest BCUT2D eigenvalue weighted by atomic mass is 16.6. The topological polar surface area (TPSA) is 88.7 Å². The minimum absolute atomic E-state index is 0.175. The molecule has 0 saturated heterocycles. The van der Waals surface area contributed by atoms with Gasteiger partial charge in [0, 0.05) is 30.9 Å². The van der Waals surface area contributed by atoms with Crippen LogP contribution in [0.1, 0.15) is 36.7 Å². The molecule has 23 heavy (non-hydrogen) atoms. The summed E-state index contributed by atoms with van der Waals surface area (Å²) in [6.07, 6.45) is 2.86. The summed E-state index contributed by atoms with van der Waals surface area (Å²) in [6.45, 7) is 6.07. The first kappa shape index (κ1) is 16.8. The first-order valence-corrected chi connectivity index (χ1v) is 7.19. The number of amides is 1. The van der Waals surface area contributed by atoms with Gasteiger partial charge in [-0.15, -0.1) is 0 Å². The lowest BCUT2D eigenvalue weighted by atomic mass is 10.0. The Bertz CT molecular complexity index is 712. The Morgan fingerprint density at radius 1 is 1.30 bits per heavy atom. The van der Waals surface area contributed by atoms with Crippen molar-refractivity contribution < 1.29 is 19.1 Å². The number of nitrogens with one attached hydrogen (secondary N) is 1. The molecule has 0 fully saturated rings. The fraction of sp³-hybridized carbons (Fsp3) is 0.438. The van der Waals surface area contributed by atoms with E-state index >= 15 is 0 Å². The van der Waals surface area contributed by atoms with Gasteiger partial charge in [-0.1, -0.05) is 6.08 Å². The number of pyridine rings is 1. The Balaban J connectivity index is 2.21. The lowest BCUT2D eigenvalue weighted by molar-refractivity contribution is 0.0306. The van der Waals surface area contributed by atoms with E-state index in [1.807, 2.05) is 6.08 Å². The third-order valence-corrected chi connectivity index (χ3v) is 3.25. The monoisotopic (exact) mass is 320 g/mol. The van der Waals surface area contributed by atoms with Crippen molar-refractivity contribution in [1.82, 2.24) is 9.88 Å². The maximum absolute atomic E-state index is 12.1. The van der Waals surface area contributed by atoms with E-state index < -0.39 is 23.2 Å². The zero-order valence-electron chi connectivity index (χ0n) is 13.6. The lowest BCUT2D eigenvalue weighted by Gasteiger charge is -2.24. The van der Waals surface area contributed by atoms with Crippen LogP contribution < -0.4 is 5.56 Å². The number of rotatable bonds is 2. The molecule has 0 unspecified atom stereocenters. The number of methoxy groups -OCH3 is 1. The molecule has 2 heterocycles. The van der Waals surface area contributed by atoms with Crippen LogP contribution in [0.25, 0.3) is 5.57 Å².